The number of sulfonamides is 1. The van der Waals surface area contributed by atoms with Gasteiger partial charge in [0.25, 0.3) is 0 Å². The van der Waals surface area contributed by atoms with Gasteiger partial charge in [-0.2, -0.15) is 17.5 Å². The first-order chi connectivity index (χ1) is 17.9. The van der Waals surface area contributed by atoms with Crippen LogP contribution in [-0.2, 0) is 21.0 Å². The van der Waals surface area contributed by atoms with Gasteiger partial charge in [-0.25, -0.2) is 8.42 Å². The number of alkyl halides is 3. The van der Waals surface area contributed by atoms with Crippen LogP contribution in [0.3, 0.4) is 0 Å². The van der Waals surface area contributed by atoms with E-state index >= 15 is 0 Å². The van der Waals surface area contributed by atoms with Crippen molar-refractivity contribution in [3.8, 4) is 11.5 Å². The van der Waals surface area contributed by atoms with E-state index in [9.17, 15) is 26.4 Å². The molecule has 1 heterocycles. The molecule has 0 unspecified atom stereocenters. The van der Waals surface area contributed by atoms with Crippen molar-refractivity contribution in [2.75, 3.05) is 39.2 Å². The second-order valence-corrected chi connectivity index (χ2v) is 11.2. The fraction of sp³-hybridized carbons (Fsp3) is 0.500. The van der Waals surface area contributed by atoms with E-state index in [-0.39, 0.29) is 12.3 Å². The minimum Gasteiger partial charge on any atom is -0.497 e. The summed E-state index contributed by atoms with van der Waals surface area (Å²) in [4.78, 5) is 14.1. The molecule has 1 N–H and O–H groups in total. The number of nitrogens with one attached hydrogen (secondary N) is 1. The second-order valence-electron chi connectivity index (χ2n) is 9.31. The van der Waals surface area contributed by atoms with Crippen LogP contribution in [-0.4, -0.2) is 69.5 Å². The van der Waals surface area contributed by atoms with E-state index in [1.165, 1.54) is 10.4 Å². The van der Waals surface area contributed by atoms with Gasteiger partial charge in [0.15, 0.2) is 0 Å². The van der Waals surface area contributed by atoms with Crippen LogP contribution in [0.1, 0.15) is 38.7 Å². The summed E-state index contributed by atoms with van der Waals surface area (Å²) in [5.41, 5.74) is -0.311. The van der Waals surface area contributed by atoms with Crippen LogP contribution in [0.2, 0.25) is 0 Å². The summed E-state index contributed by atoms with van der Waals surface area (Å²) in [6.07, 6.45) is -3.65. The maximum absolute atomic E-state index is 13.4. The minimum atomic E-state index is -4.65. The molecule has 0 bridgehead atoms. The molecule has 0 atom stereocenters. The molecule has 2 aromatic rings. The molecule has 1 fully saturated rings. The molecule has 3 rings (SSSR count). The average molecular weight is 558 g/mol. The van der Waals surface area contributed by atoms with Gasteiger partial charge >= 0.3 is 6.18 Å². The molecule has 0 radical (unpaired) electrons. The summed E-state index contributed by atoms with van der Waals surface area (Å²) >= 11 is 0. The lowest BCUT2D eigenvalue weighted by molar-refractivity contribution is -0.137. The molecule has 12 heteroatoms. The summed E-state index contributed by atoms with van der Waals surface area (Å²) in [6.45, 7) is 4.47. The van der Waals surface area contributed by atoms with Gasteiger partial charge in [0.05, 0.1) is 30.4 Å². The Morgan fingerprint density at radius 1 is 1.11 bits per heavy atom. The highest BCUT2D eigenvalue weighted by molar-refractivity contribution is 7.89. The molecule has 1 aliphatic rings. The monoisotopic (exact) mass is 557 g/mol. The second kappa shape index (κ2) is 12.2. The number of hydrogen-bond acceptors (Lipinski definition) is 6. The highest BCUT2D eigenvalue weighted by Crippen LogP contribution is 2.33. The van der Waals surface area contributed by atoms with Crippen LogP contribution in [0.4, 0.5) is 18.9 Å². The Hall–Kier alpha value is -2.99. The number of carbonyl (C=O) groups is 1. The standard InChI is InChI=1S/C26H34F3N3O5S/c1-18(2)32(38(34,35)22-7-5-6-19(16-22)26(27,28)29)20-11-14-31(15-12-20)25(33)10-13-30-23-17-21(36-3)8-9-24(23)37-4/h5-9,16-18,20,30H,10-15H2,1-4H3. The largest absolute Gasteiger partial charge is 0.497 e. The van der Waals surface area contributed by atoms with Crippen LogP contribution in [0.25, 0.3) is 0 Å². The van der Waals surface area contributed by atoms with Crippen LogP contribution in [0.15, 0.2) is 47.4 Å². The van der Waals surface area contributed by atoms with E-state index in [0.717, 1.165) is 12.1 Å². The normalized spacial score (nSPS) is 15.1. The van der Waals surface area contributed by atoms with E-state index in [4.69, 9.17) is 9.47 Å². The molecule has 0 saturated carbocycles. The highest BCUT2D eigenvalue weighted by atomic mass is 32.2. The Morgan fingerprint density at radius 2 is 1.79 bits per heavy atom. The summed E-state index contributed by atoms with van der Waals surface area (Å²) in [5, 5.41) is 3.18. The zero-order chi connectivity index (χ0) is 28.1. The molecule has 0 spiro atoms. The van der Waals surface area contributed by atoms with Crippen molar-refractivity contribution in [1.82, 2.24) is 9.21 Å². The van der Waals surface area contributed by atoms with Gasteiger partial charge in [-0.1, -0.05) is 6.07 Å². The first kappa shape index (κ1) is 29.6. The van der Waals surface area contributed by atoms with Crippen molar-refractivity contribution in [3.63, 3.8) is 0 Å². The number of likely N-dealkylation sites (tertiary alicyclic amines) is 1. The molecule has 2 aromatic carbocycles. The molecular weight excluding hydrogens is 523 g/mol. The van der Waals surface area contributed by atoms with Crippen LogP contribution in [0.5, 0.6) is 11.5 Å². The first-order valence-corrected chi connectivity index (χ1v) is 13.8. The summed E-state index contributed by atoms with van der Waals surface area (Å²) in [7, 11) is -1.07. The zero-order valence-corrected chi connectivity index (χ0v) is 22.7. The number of piperidine rings is 1. The zero-order valence-electron chi connectivity index (χ0n) is 21.9. The Kier molecular flexibility index (Phi) is 9.53. The fourth-order valence-corrected chi connectivity index (χ4v) is 6.56. The molecular formula is C26H34F3N3O5S. The van der Waals surface area contributed by atoms with Gasteiger partial charge in [-0.05, 0) is 57.0 Å². The number of amides is 1. The van der Waals surface area contributed by atoms with Crippen molar-refractivity contribution in [3.05, 3.63) is 48.0 Å². The molecule has 8 nitrogen and oxygen atoms in total. The molecule has 1 aliphatic heterocycles. The van der Waals surface area contributed by atoms with Crippen molar-refractivity contribution in [1.29, 1.82) is 0 Å². The van der Waals surface area contributed by atoms with Crippen molar-refractivity contribution < 1.29 is 35.9 Å². The topological polar surface area (TPSA) is 88.2 Å². The van der Waals surface area contributed by atoms with E-state index < -0.39 is 38.7 Å². The van der Waals surface area contributed by atoms with E-state index in [1.807, 2.05) is 0 Å². The van der Waals surface area contributed by atoms with E-state index in [2.05, 4.69) is 5.32 Å². The van der Waals surface area contributed by atoms with Crippen molar-refractivity contribution in [2.24, 2.45) is 0 Å². The van der Waals surface area contributed by atoms with Gasteiger partial charge in [-0.15, -0.1) is 0 Å². The van der Waals surface area contributed by atoms with Crippen molar-refractivity contribution >= 4 is 21.6 Å². The Balaban J connectivity index is 1.62. The molecule has 0 aliphatic carbocycles. The number of rotatable bonds is 10. The number of benzene rings is 2. The quantitative estimate of drug-likeness (QED) is 0.459. The number of halogens is 3. The third-order valence-electron chi connectivity index (χ3n) is 6.48. The molecule has 0 aromatic heterocycles. The van der Waals surface area contributed by atoms with Crippen LogP contribution >= 0.6 is 0 Å². The summed E-state index contributed by atoms with van der Waals surface area (Å²) in [5.74, 6) is 1.20. The lowest BCUT2D eigenvalue weighted by Gasteiger charge is -2.39. The molecule has 1 amide bonds. The minimum absolute atomic E-state index is 0.0744. The number of ether oxygens (including phenoxy) is 2. The van der Waals surface area contributed by atoms with Crippen LogP contribution in [0, 0.1) is 0 Å². The predicted molar refractivity (Wildman–Crippen MR) is 138 cm³/mol. The molecule has 1 saturated heterocycles. The smallest absolute Gasteiger partial charge is 0.416 e. The summed E-state index contributed by atoms with van der Waals surface area (Å²) in [6, 6.07) is 8.22. The van der Waals surface area contributed by atoms with Gasteiger partial charge in [-0.3, -0.25) is 4.79 Å². The lowest BCUT2D eigenvalue weighted by Crippen LogP contribution is -2.51. The van der Waals surface area contributed by atoms with Gasteiger partial charge in [0.2, 0.25) is 15.9 Å². The highest BCUT2D eigenvalue weighted by Gasteiger charge is 2.38. The van der Waals surface area contributed by atoms with E-state index in [1.54, 1.807) is 51.2 Å². The fourth-order valence-electron chi connectivity index (χ4n) is 4.63. The average Bonchev–Trinajstić information content (AvgIpc) is 2.88. The number of hydrogen-bond donors (Lipinski definition) is 1. The third-order valence-corrected chi connectivity index (χ3v) is 8.61. The SMILES string of the molecule is COc1ccc(OC)c(NCCC(=O)N2CCC(N(C(C)C)S(=O)(=O)c3cccc(C(F)(F)F)c3)CC2)c1. The van der Waals surface area contributed by atoms with Crippen LogP contribution < -0.4 is 14.8 Å². The number of methoxy groups -OCH3 is 2. The lowest BCUT2D eigenvalue weighted by atomic mass is 10.0. The van der Waals surface area contributed by atoms with Gasteiger partial charge in [0, 0.05) is 44.2 Å². The van der Waals surface area contributed by atoms with Crippen molar-refractivity contribution in [2.45, 2.75) is 56.3 Å². The summed E-state index contributed by atoms with van der Waals surface area (Å²) < 4.78 is 78.2. The van der Waals surface area contributed by atoms with Gasteiger partial charge < -0.3 is 19.7 Å². The number of carbonyl (C=O) groups excluding carboxylic acids is 1. The predicted octanol–water partition coefficient (Wildman–Crippen LogP) is 4.61. The maximum Gasteiger partial charge on any atom is 0.416 e. The maximum atomic E-state index is 13.4. The van der Waals surface area contributed by atoms with Gasteiger partial charge in [0.1, 0.15) is 11.5 Å². The Labute approximate surface area is 221 Å². The first-order valence-electron chi connectivity index (χ1n) is 12.3. The molecule has 210 valence electrons. The third kappa shape index (κ3) is 6.90. The Bertz CT molecular complexity index is 1210. The molecule has 38 heavy (non-hydrogen) atoms. The number of nitrogens with zero attached hydrogens (tertiary/aromatic N) is 2. The van der Waals surface area contributed by atoms with E-state index in [0.29, 0.717) is 55.7 Å². The Morgan fingerprint density at radius 3 is 2.37 bits per heavy atom. The number of anilines is 1.